The van der Waals surface area contributed by atoms with E-state index < -0.39 is 0 Å². The molecule has 3 aromatic rings. The molecule has 0 fully saturated rings. The number of carbonyl (C=O) groups excluding carboxylic acids is 2. The van der Waals surface area contributed by atoms with Crippen LogP contribution in [0.3, 0.4) is 0 Å². The molecule has 4 rings (SSSR count). The summed E-state index contributed by atoms with van der Waals surface area (Å²) >= 11 is 2.94. The van der Waals surface area contributed by atoms with Crippen LogP contribution in [0.1, 0.15) is 35.3 Å². The second-order valence-electron chi connectivity index (χ2n) is 6.13. The lowest BCUT2D eigenvalue weighted by Crippen LogP contribution is -2.08. The SMILES string of the molecule is COC(=O)CCC1CSC(c2csc(C(=O)c3c[nH]c4ccccc34)n2)=N1.[HH]. The van der Waals surface area contributed by atoms with Gasteiger partial charge in [-0.1, -0.05) is 18.2 Å². The average Bonchev–Trinajstić information content (AvgIpc) is 3.44. The molecule has 140 valence electrons. The fraction of sp³-hybridized carbons (Fsp3) is 0.263. The van der Waals surface area contributed by atoms with Gasteiger partial charge in [-0.25, -0.2) is 4.98 Å². The molecule has 6 nitrogen and oxygen atoms in total. The molecule has 0 aliphatic carbocycles. The van der Waals surface area contributed by atoms with E-state index in [0.29, 0.717) is 23.4 Å². The minimum Gasteiger partial charge on any atom is -0.469 e. The number of esters is 1. The zero-order chi connectivity index (χ0) is 18.8. The van der Waals surface area contributed by atoms with Gasteiger partial charge in [-0.15, -0.1) is 23.1 Å². The molecule has 27 heavy (non-hydrogen) atoms. The van der Waals surface area contributed by atoms with Gasteiger partial charge in [0.1, 0.15) is 10.7 Å². The third-order valence-corrected chi connectivity index (χ3v) is 6.35. The minimum absolute atomic E-state index is 0. The maximum absolute atomic E-state index is 12.9. The molecule has 1 aromatic carbocycles. The van der Waals surface area contributed by atoms with Crippen molar-refractivity contribution in [2.24, 2.45) is 4.99 Å². The van der Waals surface area contributed by atoms with E-state index in [1.165, 1.54) is 18.4 Å². The van der Waals surface area contributed by atoms with Crippen molar-refractivity contribution in [1.82, 2.24) is 9.97 Å². The number of thioether (sulfide) groups is 1. The van der Waals surface area contributed by atoms with E-state index in [1.54, 1.807) is 18.0 Å². The number of methoxy groups -OCH3 is 1. The van der Waals surface area contributed by atoms with Gasteiger partial charge in [0, 0.05) is 36.1 Å². The summed E-state index contributed by atoms with van der Waals surface area (Å²) in [6.07, 6.45) is 2.76. The summed E-state index contributed by atoms with van der Waals surface area (Å²) in [4.78, 5) is 36.4. The number of aliphatic imine (C=N–C) groups is 1. The van der Waals surface area contributed by atoms with Gasteiger partial charge in [-0.3, -0.25) is 14.6 Å². The number of thiazole rings is 1. The quantitative estimate of drug-likeness (QED) is 0.500. The Morgan fingerprint density at radius 3 is 3.07 bits per heavy atom. The highest BCUT2D eigenvalue weighted by molar-refractivity contribution is 8.14. The zero-order valence-electron chi connectivity index (χ0n) is 14.6. The maximum atomic E-state index is 12.9. The molecule has 0 spiro atoms. The molecule has 1 unspecified atom stereocenters. The monoisotopic (exact) mass is 401 g/mol. The normalized spacial score (nSPS) is 16.5. The third kappa shape index (κ3) is 3.68. The summed E-state index contributed by atoms with van der Waals surface area (Å²) in [5.41, 5.74) is 2.29. The first-order valence-corrected chi connectivity index (χ1v) is 10.4. The Balaban J connectivity index is 0.00000225. The topological polar surface area (TPSA) is 84.4 Å². The fourth-order valence-corrected chi connectivity index (χ4v) is 4.84. The molecule has 1 aliphatic heterocycles. The van der Waals surface area contributed by atoms with E-state index in [0.717, 1.165) is 27.4 Å². The molecule has 1 atom stereocenters. The molecule has 0 bridgehead atoms. The van der Waals surface area contributed by atoms with E-state index in [-0.39, 0.29) is 19.2 Å². The largest absolute Gasteiger partial charge is 0.469 e. The predicted octanol–water partition coefficient (Wildman–Crippen LogP) is 3.92. The molecule has 1 aliphatic rings. The van der Waals surface area contributed by atoms with Gasteiger partial charge in [-0.2, -0.15) is 0 Å². The van der Waals surface area contributed by atoms with E-state index in [9.17, 15) is 9.59 Å². The molecule has 0 saturated carbocycles. The first kappa shape index (κ1) is 17.9. The van der Waals surface area contributed by atoms with E-state index in [2.05, 4.69) is 19.7 Å². The van der Waals surface area contributed by atoms with Crippen molar-refractivity contribution in [3.05, 3.63) is 52.1 Å². The number of H-pyrrole nitrogens is 1. The highest BCUT2D eigenvalue weighted by atomic mass is 32.2. The number of fused-ring (bicyclic) bond motifs is 1. The highest BCUT2D eigenvalue weighted by Crippen LogP contribution is 2.28. The van der Waals surface area contributed by atoms with Crippen molar-refractivity contribution in [1.29, 1.82) is 0 Å². The Hall–Kier alpha value is -2.45. The number of benzene rings is 1. The molecular formula is C19H19N3O3S2. The van der Waals surface area contributed by atoms with Gasteiger partial charge >= 0.3 is 5.97 Å². The Bertz CT molecular complexity index is 1040. The average molecular weight is 402 g/mol. The predicted molar refractivity (Wildman–Crippen MR) is 110 cm³/mol. The number of hydrogen-bond acceptors (Lipinski definition) is 7. The van der Waals surface area contributed by atoms with Crippen LogP contribution in [0.4, 0.5) is 0 Å². The van der Waals surface area contributed by atoms with Gasteiger partial charge in [0.05, 0.1) is 18.7 Å². The maximum Gasteiger partial charge on any atom is 0.305 e. The first-order chi connectivity index (χ1) is 13.2. The Kier molecular flexibility index (Phi) is 5.09. The lowest BCUT2D eigenvalue weighted by atomic mass is 10.1. The number of para-hydroxylation sites is 1. The second kappa shape index (κ2) is 7.66. The van der Waals surface area contributed by atoms with Crippen molar-refractivity contribution in [3.63, 3.8) is 0 Å². The van der Waals surface area contributed by atoms with Crippen LogP contribution in [0.2, 0.25) is 0 Å². The summed E-state index contributed by atoms with van der Waals surface area (Å²) in [7, 11) is 1.39. The highest BCUT2D eigenvalue weighted by Gasteiger charge is 2.24. The van der Waals surface area contributed by atoms with Crippen LogP contribution < -0.4 is 0 Å². The number of rotatable bonds is 6. The summed E-state index contributed by atoms with van der Waals surface area (Å²) < 4.78 is 4.67. The Labute approximate surface area is 165 Å². The molecule has 2 aromatic heterocycles. The standard InChI is InChI=1S/C19H17N3O3S2.H2/c1-25-16(23)7-6-11-9-26-18(21-11)15-10-27-19(22-15)17(24)13-8-20-14-5-3-2-4-12(13)14;/h2-5,8,10-11,20H,6-7,9H2,1H3;1H. The van der Waals surface area contributed by atoms with Crippen molar-refractivity contribution >= 4 is 50.8 Å². The summed E-state index contributed by atoms with van der Waals surface area (Å²) in [5, 5.41) is 4.06. The molecule has 8 heteroatoms. The van der Waals surface area contributed by atoms with E-state index >= 15 is 0 Å². The molecule has 0 radical (unpaired) electrons. The van der Waals surface area contributed by atoms with Gasteiger partial charge in [0.25, 0.3) is 0 Å². The molecule has 0 saturated heterocycles. The molecule has 0 amide bonds. The fourth-order valence-electron chi connectivity index (χ4n) is 2.94. The van der Waals surface area contributed by atoms with E-state index in [4.69, 9.17) is 0 Å². The number of hydrogen-bond donors (Lipinski definition) is 1. The number of nitrogens with zero attached hydrogens (tertiary/aromatic N) is 2. The van der Waals surface area contributed by atoms with Gasteiger partial charge in [0.15, 0.2) is 5.01 Å². The Morgan fingerprint density at radius 1 is 1.37 bits per heavy atom. The lowest BCUT2D eigenvalue weighted by Gasteiger charge is -2.03. The number of carbonyl (C=O) groups is 2. The zero-order valence-corrected chi connectivity index (χ0v) is 16.2. The minimum atomic E-state index is -0.219. The van der Waals surface area contributed by atoms with Gasteiger partial charge < -0.3 is 9.72 Å². The van der Waals surface area contributed by atoms with Gasteiger partial charge in [-0.05, 0) is 12.5 Å². The summed E-state index contributed by atoms with van der Waals surface area (Å²) in [6, 6.07) is 7.80. The molecule has 1 N–H and O–H groups in total. The number of aromatic amines is 1. The first-order valence-electron chi connectivity index (χ1n) is 8.50. The number of ketones is 1. The van der Waals surface area contributed by atoms with Crippen molar-refractivity contribution in [3.8, 4) is 0 Å². The van der Waals surface area contributed by atoms with Gasteiger partial charge in [0.2, 0.25) is 5.78 Å². The number of aromatic nitrogens is 2. The van der Waals surface area contributed by atoms with Crippen LogP contribution >= 0.6 is 23.1 Å². The lowest BCUT2D eigenvalue weighted by molar-refractivity contribution is -0.140. The van der Waals surface area contributed by atoms with Crippen LogP contribution in [0, 0.1) is 0 Å². The van der Waals surface area contributed by atoms with Crippen LogP contribution in [0.15, 0.2) is 40.8 Å². The van der Waals surface area contributed by atoms with Crippen LogP contribution in [-0.2, 0) is 9.53 Å². The molecule has 3 heterocycles. The smallest absolute Gasteiger partial charge is 0.305 e. The summed E-state index contributed by atoms with van der Waals surface area (Å²) in [5.74, 6) is 0.508. The number of nitrogens with one attached hydrogen (secondary N) is 1. The van der Waals surface area contributed by atoms with Crippen LogP contribution in [0.25, 0.3) is 10.9 Å². The van der Waals surface area contributed by atoms with Crippen molar-refractivity contribution in [2.45, 2.75) is 18.9 Å². The Morgan fingerprint density at radius 2 is 2.22 bits per heavy atom. The van der Waals surface area contributed by atoms with Crippen LogP contribution in [0.5, 0.6) is 0 Å². The number of ether oxygens (including phenoxy) is 1. The second-order valence-corrected chi connectivity index (χ2v) is 8.00. The molecular weight excluding hydrogens is 382 g/mol. The summed E-state index contributed by atoms with van der Waals surface area (Å²) in [6.45, 7) is 0. The third-order valence-electron chi connectivity index (χ3n) is 4.37. The van der Waals surface area contributed by atoms with Crippen LogP contribution in [-0.4, -0.2) is 45.7 Å². The van der Waals surface area contributed by atoms with Crippen molar-refractivity contribution in [2.75, 3.05) is 12.9 Å². The van der Waals surface area contributed by atoms with Crippen molar-refractivity contribution < 1.29 is 15.8 Å². The van der Waals surface area contributed by atoms with E-state index in [1.807, 2.05) is 29.6 Å².